The minimum Gasteiger partial charge on any atom is -0.322 e. The Morgan fingerprint density at radius 1 is 1.10 bits per heavy atom. The molecule has 0 fully saturated rings. The highest BCUT2D eigenvalue weighted by Crippen LogP contribution is 2.22. The first kappa shape index (κ1) is 19.5. The van der Waals surface area contributed by atoms with Crippen LogP contribution in [0.25, 0.3) is 22.4 Å². The SMILES string of the molecule is CCn1cnnc1-c1cccc(NC(=O)c2ccc3c(c2)nc(C)c(=O)n3CC)c1. The molecule has 2 aromatic carbocycles. The third kappa shape index (κ3) is 3.47. The Morgan fingerprint density at radius 2 is 1.93 bits per heavy atom. The summed E-state index contributed by atoms with van der Waals surface area (Å²) in [7, 11) is 0. The summed E-state index contributed by atoms with van der Waals surface area (Å²) in [4.78, 5) is 29.5. The van der Waals surface area contributed by atoms with Crippen LogP contribution in [0, 0.1) is 6.92 Å². The summed E-state index contributed by atoms with van der Waals surface area (Å²) in [6.07, 6.45) is 1.68. The molecule has 0 aliphatic carbocycles. The average Bonchev–Trinajstić information content (AvgIpc) is 3.23. The molecule has 2 aromatic heterocycles. The lowest BCUT2D eigenvalue weighted by Gasteiger charge is -2.11. The first-order chi connectivity index (χ1) is 14.5. The van der Waals surface area contributed by atoms with Gasteiger partial charge in [-0.2, -0.15) is 0 Å². The summed E-state index contributed by atoms with van der Waals surface area (Å²) in [5.74, 6) is 0.497. The minimum atomic E-state index is -0.250. The number of hydrogen-bond donors (Lipinski definition) is 1. The van der Waals surface area contributed by atoms with Crippen molar-refractivity contribution in [3.8, 4) is 11.4 Å². The smallest absolute Gasteiger partial charge is 0.272 e. The van der Waals surface area contributed by atoms with Gasteiger partial charge in [0.1, 0.15) is 12.0 Å². The number of amides is 1. The Morgan fingerprint density at radius 3 is 2.70 bits per heavy atom. The molecule has 2 heterocycles. The van der Waals surface area contributed by atoms with Crippen LogP contribution in [0.1, 0.15) is 29.9 Å². The van der Waals surface area contributed by atoms with Gasteiger partial charge in [0.25, 0.3) is 11.5 Å². The molecule has 0 aliphatic rings. The second kappa shape index (κ2) is 7.90. The maximum atomic E-state index is 12.8. The number of nitrogens with one attached hydrogen (secondary N) is 1. The molecule has 0 saturated carbocycles. The molecule has 0 radical (unpaired) electrons. The lowest BCUT2D eigenvalue weighted by molar-refractivity contribution is 0.102. The second-order valence-corrected chi connectivity index (χ2v) is 6.93. The Kier molecular flexibility index (Phi) is 5.14. The van der Waals surface area contributed by atoms with E-state index in [-0.39, 0.29) is 11.5 Å². The topological polar surface area (TPSA) is 94.7 Å². The molecule has 8 heteroatoms. The van der Waals surface area contributed by atoms with Crippen LogP contribution < -0.4 is 10.9 Å². The quantitative estimate of drug-likeness (QED) is 0.553. The zero-order valence-corrected chi connectivity index (χ0v) is 17.1. The fraction of sp³-hybridized carbons (Fsp3) is 0.227. The number of aryl methyl sites for hydroxylation is 3. The van der Waals surface area contributed by atoms with Crippen molar-refractivity contribution in [1.29, 1.82) is 0 Å². The maximum Gasteiger partial charge on any atom is 0.272 e. The first-order valence-electron chi connectivity index (χ1n) is 9.82. The van der Waals surface area contributed by atoms with Crippen molar-refractivity contribution in [3.63, 3.8) is 0 Å². The average molecular weight is 402 g/mol. The summed E-state index contributed by atoms with van der Waals surface area (Å²) < 4.78 is 3.60. The van der Waals surface area contributed by atoms with Crippen molar-refractivity contribution in [3.05, 3.63) is 70.4 Å². The van der Waals surface area contributed by atoms with Crippen LogP contribution in [-0.4, -0.2) is 30.2 Å². The van der Waals surface area contributed by atoms with E-state index in [1.165, 1.54) is 0 Å². The van der Waals surface area contributed by atoms with Gasteiger partial charge < -0.3 is 14.5 Å². The van der Waals surface area contributed by atoms with Crippen LogP contribution in [0.5, 0.6) is 0 Å². The van der Waals surface area contributed by atoms with Crippen LogP contribution >= 0.6 is 0 Å². The molecule has 0 unspecified atom stereocenters. The number of nitrogens with zero attached hydrogens (tertiary/aromatic N) is 5. The molecule has 30 heavy (non-hydrogen) atoms. The van der Waals surface area contributed by atoms with E-state index < -0.39 is 0 Å². The van der Waals surface area contributed by atoms with Gasteiger partial charge in [-0.25, -0.2) is 4.98 Å². The highest BCUT2D eigenvalue weighted by molar-refractivity contribution is 6.06. The van der Waals surface area contributed by atoms with E-state index in [0.717, 1.165) is 17.9 Å². The maximum absolute atomic E-state index is 12.8. The number of benzene rings is 2. The van der Waals surface area contributed by atoms with Gasteiger partial charge in [0.05, 0.1) is 11.0 Å². The highest BCUT2D eigenvalue weighted by Gasteiger charge is 2.13. The summed E-state index contributed by atoms with van der Waals surface area (Å²) in [5, 5.41) is 11.0. The number of carbonyl (C=O) groups excluding carboxylic acids is 1. The van der Waals surface area contributed by atoms with Crippen molar-refractivity contribution < 1.29 is 4.79 Å². The normalized spacial score (nSPS) is 11.0. The molecule has 152 valence electrons. The van der Waals surface area contributed by atoms with Gasteiger partial charge in [0, 0.05) is 29.9 Å². The fourth-order valence-electron chi connectivity index (χ4n) is 3.48. The number of rotatable bonds is 5. The molecule has 0 spiro atoms. The van der Waals surface area contributed by atoms with Gasteiger partial charge in [-0.1, -0.05) is 12.1 Å². The number of anilines is 1. The van der Waals surface area contributed by atoms with Gasteiger partial charge in [0.2, 0.25) is 0 Å². The zero-order valence-electron chi connectivity index (χ0n) is 17.1. The van der Waals surface area contributed by atoms with Gasteiger partial charge in [-0.05, 0) is 51.1 Å². The van der Waals surface area contributed by atoms with Crippen molar-refractivity contribution in [2.24, 2.45) is 0 Å². The standard InChI is InChI=1S/C22H22N6O2/c1-4-27-13-23-26-20(27)15-7-6-8-17(11-15)25-21(29)16-9-10-19-18(12-16)24-14(3)22(30)28(19)5-2/h6-13H,4-5H2,1-3H3,(H,25,29). The van der Waals surface area contributed by atoms with Crippen LogP contribution in [0.4, 0.5) is 5.69 Å². The lowest BCUT2D eigenvalue weighted by atomic mass is 10.1. The minimum absolute atomic E-state index is 0.112. The van der Waals surface area contributed by atoms with E-state index in [0.29, 0.717) is 34.5 Å². The Labute approximate surface area is 173 Å². The molecule has 0 saturated heterocycles. The predicted molar refractivity (Wildman–Crippen MR) is 115 cm³/mol. The Bertz CT molecular complexity index is 1300. The van der Waals surface area contributed by atoms with Gasteiger partial charge in [0.15, 0.2) is 5.82 Å². The van der Waals surface area contributed by atoms with E-state index >= 15 is 0 Å². The molecule has 0 bridgehead atoms. The van der Waals surface area contributed by atoms with Crippen LogP contribution in [-0.2, 0) is 13.1 Å². The van der Waals surface area contributed by atoms with Gasteiger partial charge >= 0.3 is 0 Å². The number of fused-ring (bicyclic) bond motifs is 1. The molecule has 0 atom stereocenters. The second-order valence-electron chi connectivity index (χ2n) is 6.93. The van der Waals surface area contributed by atoms with E-state index in [9.17, 15) is 9.59 Å². The summed E-state index contributed by atoms with van der Waals surface area (Å²) in [5.41, 5.74) is 3.63. The van der Waals surface area contributed by atoms with Crippen LogP contribution in [0.2, 0.25) is 0 Å². The molecule has 8 nitrogen and oxygen atoms in total. The van der Waals surface area contributed by atoms with Crippen LogP contribution in [0.3, 0.4) is 0 Å². The number of carbonyl (C=O) groups is 1. The molecular weight excluding hydrogens is 380 g/mol. The zero-order chi connectivity index (χ0) is 21.3. The fourth-order valence-corrected chi connectivity index (χ4v) is 3.48. The third-order valence-corrected chi connectivity index (χ3v) is 5.02. The van der Waals surface area contributed by atoms with E-state index in [1.54, 1.807) is 36.0 Å². The van der Waals surface area contributed by atoms with Gasteiger partial charge in [-0.3, -0.25) is 9.59 Å². The lowest BCUT2D eigenvalue weighted by Crippen LogP contribution is -2.23. The van der Waals surface area contributed by atoms with Crippen LogP contribution in [0.15, 0.2) is 53.6 Å². The van der Waals surface area contributed by atoms with E-state index in [2.05, 4.69) is 20.5 Å². The van der Waals surface area contributed by atoms with Crippen molar-refractivity contribution >= 4 is 22.6 Å². The first-order valence-corrected chi connectivity index (χ1v) is 9.82. The summed E-state index contributed by atoms with van der Waals surface area (Å²) >= 11 is 0. The van der Waals surface area contributed by atoms with E-state index in [4.69, 9.17) is 0 Å². The number of aromatic nitrogens is 5. The molecule has 4 aromatic rings. The highest BCUT2D eigenvalue weighted by atomic mass is 16.1. The van der Waals surface area contributed by atoms with E-state index in [1.807, 2.05) is 42.7 Å². The molecule has 0 aliphatic heterocycles. The monoisotopic (exact) mass is 402 g/mol. The largest absolute Gasteiger partial charge is 0.322 e. The summed E-state index contributed by atoms with van der Waals surface area (Å²) in [6, 6.07) is 12.7. The predicted octanol–water partition coefficient (Wildman–Crippen LogP) is 3.26. The Hall–Kier alpha value is -3.81. The number of hydrogen-bond acceptors (Lipinski definition) is 5. The van der Waals surface area contributed by atoms with Crippen molar-refractivity contribution in [1.82, 2.24) is 24.3 Å². The third-order valence-electron chi connectivity index (χ3n) is 5.02. The molecule has 1 amide bonds. The molecule has 1 N–H and O–H groups in total. The molecule has 4 rings (SSSR count). The van der Waals surface area contributed by atoms with Gasteiger partial charge in [-0.15, -0.1) is 10.2 Å². The molecular formula is C22H22N6O2. The summed E-state index contributed by atoms with van der Waals surface area (Å²) in [6.45, 7) is 6.91. The van der Waals surface area contributed by atoms with Crippen molar-refractivity contribution in [2.75, 3.05) is 5.32 Å². The van der Waals surface area contributed by atoms with Crippen molar-refractivity contribution in [2.45, 2.75) is 33.9 Å². The Balaban J connectivity index is 1.64.